The molecule has 0 aromatic heterocycles. The van der Waals surface area contributed by atoms with Gasteiger partial charge in [0.25, 0.3) is 0 Å². The molecule has 2 aromatic carbocycles. The molecule has 0 amide bonds. The minimum Gasteiger partial charge on any atom is -0.0651 e. The third-order valence-electron chi connectivity index (χ3n) is 3.27. The summed E-state index contributed by atoms with van der Waals surface area (Å²) in [5.41, 5.74) is 3.11. The zero-order chi connectivity index (χ0) is 12.3. The summed E-state index contributed by atoms with van der Waals surface area (Å²) in [6.45, 7) is 6.86. The SMILES string of the molecule is CCCc1ccc2ccccc2c1CC(C)C. The molecule has 17 heavy (non-hydrogen) atoms. The number of benzene rings is 2. The van der Waals surface area contributed by atoms with Gasteiger partial charge >= 0.3 is 0 Å². The molecule has 0 aliphatic carbocycles. The Bertz CT molecular complexity index is 494. The van der Waals surface area contributed by atoms with E-state index in [4.69, 9.17) is 0 Å². The van der Waals surface area contributed by atoms with Gasteiger partial charge in [-0.05, 0) is 40.7 Å². The van der Waals surface area contributed by atoms with Gasteiger partial charge in [0.05, 0.1) is 0 Å². The third-order valence-corrected chi connectivity index (χ3v) is 3.27. The quantitative estimate of drug-likeness (QED) is 0.689. The van der Waals surface area contributed by atoms with Crippen LogP contribution < -0.4 is 0 Å². The third kappa shape index (κ3) is 2.69. The summed E-state index contributed by atoms with van der Waals surface area (Å²) in [6, 6.07) is 13.4. The maximum absolute atomic E-state index is 2.32. The Kier molecular flexibility index (Phi) is 3.83. The minimum absolute atomic E-state index is 0.719. The van der Waals surface area contributed by atoms with Crippen LogP contribution in [0.15, 0.2) is 36.4 Å². The van der Waals surface area contributed by atoms with E-state index in [1.54, 1.807) is 11.1 Å². The lowest BCUT2D eigenvalue weighted by atomic mass is 9.91. The highest BCUT2D eigenvalue weighted by Gasteiger charge is 2.08. The Hall–Kier alpha value is -1.30. The molecule has 0 saturated carbocycles. The summed E-state index contributed by atoms with van der Waals surface area (Å²) < 4.78 is 0. The van der Waals surface area contributed by atoms with Crippen LogP contribution in [0.5, 0.6) is 0 Å². The predicted molar refractivity (Wildman–Crippen MR) is 76.5 cm³/mol. The van der Waals surface area contributed by atoms with Crippen LogP contribution in [-0.4, -0.2) is 0 Å². The Morgan fingerprint density at radius 1 is 1.00 bits per heavy atom. The van der Waals surface area contributed by atoms with Gasteiger partial charge in [-0.3, -0.25) is 0 Å². The summed E-state index contributed by atoms with van der Waals surface area (Å²) in [5, 5.41) is 2.83. The van der Waals surface area contributed by atoms with Crippen LogP contribution in [-0.2, 0) is 12.8 Å². The van der Waals surface area contributed by atoms with Crippen LogP contribution >= 0.6 is 0 Å². The molecule has 0 unspecified atom stereocenters. The first-order valence-corrected chi connectivity index (χ1v) is 6.72. The largest absolute Gasteiger partial charge is 0.0651 e. The van der Waals surface area contributed by atoms with Gasteiger partial charge < -0.3 is 0 Å². The van der Waals surface area contributed by atoms with Crippen molar-refractivity contribution in [2.45, 2.75) is 40.0 Å². The van der Waals surface area contributed by atoms with Gasteiger partial charge in [0.2, 0.25) is 0 Å². The Morgan fingerprint density at radius 3 is 2.47 bits per heavy atom. The number of fused-ring (bicyclic) bond motifs is 1. The molecule has 0 aliphatic rings. The van der Waals surface area contributed by atoms with Crippen molar-refractivity contribution in [2.75, 3.05) is 0 Å². The van der Waals surface area contributed by atoms with Crippen LogP contribution in [0.1, 0.15) is 38.3 Å². The highest BCUT2D eigenvalue weighted by Crippen LogP contribution is 2.26. The zero-order valence-electron chi connectivity index (χ0n) is 11.2. The van der Waals surface area contributed by atoms with Crippen molar-refractivity contribution in [2.24, 2.45) is 5.92 Å². The molecule has 0 aliphatic heterocycles. The number of rotatable bonds is 4. The molecule has 0 spiro atoms. The van der Waals surface area contributed by atoms with Gasteiger partial charge in [-0.1, -0.05) is 63.6 Å². The molecule has 0 atom stereocenters. The lowest BCUT2D eigenvalue weighted by Crippen LogP contribution is -2.00. The summed E-state index contributed by atoms with van der Waals surface area (Å²) >= 11 is 0. The van der Waals surface area contributed by atoms with Crippen molar-refractivity contribution in [1.29, 1.82) is 0 Å². The monoisotopic (exact) mass is 226 g/mol. The minimum atomic E-state index is 0.719. The molecule has 0 heteroatoms. The number of aryl methyl sites for hydroxylation is 1. The van der Waals surface area contributed by atoms with Crippen molar-refractivity contribution in [3.05, 3.63) is 47.5 Å². The Morgan fingerprint density at radius 2 is 1.76 bits per heavy atom. The van der Waals surface area contributed by atoms with E-state index in [2.05, 4.69) is 57.2 Å². The molecule has 0 nitrogen and oxygen atoms in total. The molecular weight excluding hydrogens is 204 g/mol. The fourth-order valence-corrected chi connectivity index (χ4v) is 2.53. The van der Waals surface area contributed by atoms with E-state index in [0.717, 1.165) is 5.92 Å². The van der Waals surface area contributed by atoms with E-state index in [9.17, 15) is 0 Å². The van der Waals surface area contributed by atoms with Crippen LogP contribution in [0.4, 0.5) is 0 Å². The fraction of sp³-hybridized carbons (Fsp3) is 0.412. The Balaban J connectivity index is 2.57. The van der Waals surface area contributed by atoms with Crippen molar-refractivity contribution in [3.8, 4) is 0 Å². The van der Waals surface area contributed by atoms with Gasteiger partial charge in [-0.25, -0.2) is 0 Å². The zero-order valence-corrected chi connectivity index (χ0v) is 11.2. The average Bonchev–Trinajstić information content (AvgIpc) is 2.32. The lowest BCUT2D eigenvalue weighted by molar-refractivity contribution is 0.645. The highest BCUT2D eigenvalue weighted by atomic mass is 14.1. The van der Waals surface area contributed by atoms with Gasteiger partial charge in [-0.2, -0.15) is 0 Å². The normalized spacial score (nSPS) is 11.3. The number of hydrogen-bond acceptors (Lipinski definition) is 0. The van der Waals surface area contributed by atoms with Crippen molar-refractivity contribution in [1.82, 2.24) is 0 Å². The molecule has 0 saturated heterocycles. The maximum Gasteiger partial charge on any atom is -0.0149 e. The van der Waals surface area contributed by atoms with Crippen LogP contribution in [0.25, 0.3) is 10.8 Å². The lowest BCUT2D eigenvalue weighted by Gasteiger charge is -2.14. The first kappa shape index (κ1) is 12.2. The molecule has 0 bridgehead atoms. The molecule has 90 valence electrons. The van der Waals surface area contributed by atoms with Crippen LogP contribution in [0.3, 0.4) is 0 Å². The number of hydrogen-bond donors (Lipinski definition) is 0. The summed E-state index contributed by atoms with van der Waals surface area (Å²) in [4.78, 5) is 0. The van der Waals surface area contributed by atoms with E-state index in [-0.39, 0.29) is 0 Å². The van der Waals surface area contributed by atoms with Gasteiger partial charge in [0.1, 0.15) is 0 Å². The van der Waals surface area contributed by atoms with E-state index >= 15 is 0 Å². The molecule has 0 radical (unpaired) electrons. The van der Waals surface area contributed by atoms with Gasteiger partial charge in [-0.15, -0.1) is 0 Å². The first-order chi connectivity index (χ1) is 8.22. The molecule has 2 aromatic rings. The fourth-order valence-electron chi connectivity index (χ4n) is 2.53. The second-order valence-corrected chi connectivity index (χ2v) is 5.27. The Labute approximate surface area is 105 Å². The average molecular weight is 226 g/mol. The van der Waals surface area contributed by atoms with Gasteiger partial charge in [0, 0.05) is 0 Å². The molecule has 2 rings (SSSR count). The summed E-state index contributed by atoms with van der Waals surface area (Å²) in [7, 11) is 0. The van der Waals surface area contributed by atoms with Crippen molar-refractivity contribution in [3.63, 3.8) is 0 Å². The smallest absolute Gasteiger partial charge is 0.0149 e. The first-order valence-electron chi connectivity index (χ1n) is 6.72. The van der Waals surface area contributed by atoms with E-state index in [1.165, 1.54) is 30.0 Å². The van der Waals surface area contributed by atoms with Crippen molar-refractivity contribution < 1.29 is 0 Å². The van der Waals surface area contributed by atoms with E-state index in [0.29, 0.717) is 0 Å². The van der Waals surface area contributed by atoms with Crippen LogP contribution in [0.2, 0.25) is 0 Å². The van der Waals surface area contributed by atoms with Gasteiger partial charge in [0.15, 0.2) is 0 Å². The predicted octanol–water partition coefficient (Wildman–Crippen LogP) is 4.99. The molecule has 0 heterocycles. The van der Waals surface area contributed by atoms with Crippen LogP contribution in [0, 0.1) is 5.92 Å². The molecular formula is C17H22. The second kappa shape index (κ2) is 5.35. The summed E-state index contributed by atoms with van der Waals surface area (Å²) in [6.07, 6.45) is 3.62. The standard InChI is InChI=1S/C17H22/c1-4-7-14-10-11-15-8-5-6-9-16(15)17(14)12-13(2)3/h5-6,8-11,13H,4,7,12H2,1-3H3. The van der Waals surface area contributed by atoms with E-state index in [1.807, 2.05) is 0 Å². The second-order valence-electron chi connectivity index (χ2n) is 5.27. The van der Waals surface area contributed by atoms with Crippen molar-refractivity contribution >= 4 is 10.8 Å². The molecule has 0 fully saturated rings. The highest BCUT2D eigenvalue weighted by molar-refractivity contribution is 5.86. The van der Waals surface area contributed by atoms with E-state index < -0.39 is 0 Å². The topological polar surface area (TPSA) is 0 Å². The maximum atomic E-state index is 2.32. The molecule has 0 N–H and O–H groups in total. The summed E-state index contributed by atoms with van der Waals surface area (Å²) in [5.74, 6) is 0.719.